The summed E-state index contributed by atoms with van der Waals surface area (Å²) in [5.74, 6) is 2.05. The van der Waals surface area contributed by atoms with Crippen molar-refractivity contribution >= 4 is 11.9 Å². The molecule has 2 unspecified atom stereocenters. The molecule has 0 aromatic rings. The minimum Gasteiger partial charge on any atom is -0.465 e. The number of carbonyl (C=O) groups excluding carboxylic acids is 2. The summed E-state index contributed by atoms with van der Waals surface area (Å²) in [6.45, 7) is 6.23. The van der Waals surface area contributed by atoms with Gasteiger partial charge in [-0.2, -0.15) is 0 Å². The van der Waals surface area contributed by atoms with E-state index in [1.807, 2.05) is 0 Å². The molecule has 0 aromatic heterocycles. The van der Waals surface area contributed by atoms with Gasteiger partial charge in [-0.25, -0.2) is 0 Å². The van der Waals surface area contributed by atoms with Crippen LogP contribution in [0.15, 0.2) is 0 Å². The smallest absolute Gasteiger partial charge is 0.307 e. The summed E-state index contributed by atoms with van der Waals surface area (Å²) in [6.07, 6.45) is 7.54. The maximum Gasteiger partial charge on any atom is 0.307 e. The maximum atomic E-state index is 11.4. The topological polar surface area (TPSA) is 52.6 Å². The van der Waals surface area contributed by atoms with Crippen molar-refractivity contribution in [3.63, 3.8) is 0 Å². The van der Waals surface area contributed by atoms with Crippen molar-refractivity contribution in [2.45, 2.75) is 59.0 Å². The summed E-state index contributed by atoms with van der Waals surface area (Å²) in [6, 6.07) is 0. The van der Waals surface area contributed by atoms with Crippen LogP contribution in [0.2, 0.25) is 0 Å². The fourth-order valence-electron chi connectivity index (χ4n) is 1.55. The van der Waals surface area contributed by atoms with Gasteiger partial charge in [-0.15, -0.1) is 6.42 Å². The van der Waals surface area contributed by atoms with Gasteiger partial charge in [0.05, 0.1) is 6.61 Å². The fraction of sp³-hybridized carbons (Fsp3) is 0.733. The lowest BCUT2D eigenvalue weighted by Crippen LogP contribution is -2.14. The third-order valence-electron chi connectivity index (χ3n) is 2.62. The van der Waals surface area contributed by atoms with Gasteiger partial charge in [0.25, 0.3) is 0 Å². The summed E-state index contributed by atoms with van der Waals surface area (Å²) in [5, 5.41) is 0. The average Bonchev–Trinajstić information content (AvgIpc) is 2.36. The van der Waals surface area contributed by atoms with E-state index in [1.54, 1.807) is 6.92 Å². The highest BCUT2D eigenvalue weighted by Gasteiger charge is 2.10. The Labute approximate surface area is 115 Å². The number of ether oxygens (including phenoxy) is 2. The molecule has 2 atom stereocenters. The lowest BCUT2D eigenvalue weighted by atomic mass is 10.1. The Bertz CT molecular complexity index is 317. The maximum absolute atomic E-state index is 11.4. The lowest BCUT2D eigenvalue weighted by Gasteiger charge is -2.11. The van der Waals surface area contributed by atoms with Gasteiger partial charge in [0.1, 0.15) is 0 Å². The Hall–Kier alpha value is -1.50. The predicted molar refractivity (Wildman–Crippen MR) is 73.3 cm³/mol. The first-order valence-electron chi connectivity index (χ1n) is 6.80. The molecule has 0 aliphatic rings. The van der Waals surface area contributed by atoms with E-state index in [9.17, 15) is 9.59 Å². The highest BCUT2D eigenvalue weighted by molar-refractivity contribution is 5.72. The van der Waals surface area contributed by atoms with Crippen LogP contribution in [0.3, 0.4) is 0 Å². The van der Waals surface area contributed by atoms with Crippen molar-refractivity contribution in [2.24, 2.45) is 5.92 Å². The first-order chi connectivity index (χ1) is 8.99. The molecule has 0 aliphatic heterocycles. The number of esters is 2. The van der Waals surface area contributed by atoms with Crippen LogP contribution in [-0.4, -0.2) is 24.6 Å². The molecule has 0 bridgehead atoms. The summed E-state index contributed by atoms with van der Waals surface area (Å²) < 4.78 is 10.0. The van der Waals surface area contributed by atoms with E-state index in [0.29, 0.717) is 18.9 Å². The van der Waals surface area contributed by atoms with E-state index >= 15 is 0 Å². The zero-order valence-electron chi connectivity index (χ0n) is 12.1. The van der Waals surface area contributed by atoms with Crippen LogP contribution >= 0.6 is 0 Å². The molecule has 108 valence electrons. The van der Waals surface area contributed by atoms with Gasteiger partial charge < -0.3 is 9.47 Å². The van der Waals surface area contributed by atoms with Gasteiger partial charge in [-0.05, 0) is 25.7 Å². The number of carbonyl (C=O) groups is 2. The monoisotopic (exact) mass is 268 g/mol. The standard InChI is InChI=1S/C15H24O4/c1-5-8-12(3)11-18-14(16)9-7-10-15(17)19-13(4)6-2/h2,12-13H,5,7-11H2,1,3-4H3. The Morgan fingerprint density at radius 3 is 2.42 bits per heavy atom. The molecular formula is C15H24O4. The van der Waals surface area contributed by atoms with E-state index in [4.69, 9.17) is 15.9 Å². The Balaban J connectivity index is 3.63. The molecule has 0 N–H and O–H groups in total. The zero-order chi connectivity index (χ0) is 14.7. The molecule has 0 saturated carbocycles. The van der Waals surface area contributed by atoms with E-state index in [1.165, 1.54) is 0 Å². The molecule has 0 spiro atoms. The largest absolute Gasteiger partial charge is 0.465 e. The second-order valence-corrected chi connectivity index (χ2v) is 4.73. The second-order valence-electron chi connectivity index (χ2n) is 4.73. The minimum absolute atomic E-state index is 0.186. The van der Waals surface area contributed by atoms with E-state index in [0.717, 1.165) is 12.8 Å². The molecule has 0 aromatic carbocycles. The number of hydrogen-bond donors (Lipinski definition) is 0. The Morgan fingerprint density at radius 1 is 1.21 bits per heavy atom. The fourth-order valence-corrected chi connectivity index (χ4v) is 1.55. The van der Waals surface area contributed by atoms with Gasteiger partial charge in [0.2, 0.25) is 0 Å². The molecule has 0 rings (SSSR count). The second kappa shape index (κ2) is 10.4. The SMILES string of the molecule is C#CC(C)OC(=O)CCCC(=O)OCC(C)CCC. The van der Waals surface area contributed by atoms with Crippen molar-refractivity contribution in [2.75, 3.05) is 6.61 Å². The quantitative estimate of drug-likeness (QED) is 0.476. The van der Waals surface area contributed by atoms with E-state index < -0.39 is 6.10 Å². The molecule has 0 amide bonds. The van der Waals surface area contributed by atoms with Crippen LogP contribution in [0.5, 0.6) is 0 Å². The zero-order valence-corrected chi connectivity index (χ0v) is 12.1. The summed E-state index contributed by atoms with van der Waals surface area (Å²) in [5.41, 5.74) is 0. The number of terminal acetylenes is 1. The van der Waals surface area contributed by atoms with Gasteiger partial charge in [-0.1, -0.05) is 26.2 Å². The van der Waals surface area contributed by atoms with Gasteiger partial charge in [0, 0.05) is 12.8 Å². The normalized spacial score (nSPS) is 13.2. The van der Waals surface area contributed by atoms with Gasteiger partial charge in [0.15, 0.2) is 6.10 Å². The first-order valence-corrected chi connectivity index (χ1v) is 6.80. The summed E-state index contributed by atoms with van der Waals surface area (Å²) in [4.78, 5) is 22.7. The summed E-state index contributed by atoms with van der Waals surface area (Å²) >= 11 is 0. The van der Waals surface area contributed by atoms with Gasteiger partial charge in [-0.3, -0.25) is 9.59 Å². The van der Waals surface area contributed by atoms with Gasteiger partial charge >= 0.3 is 11.9 Å². The van der Waals surface area contributed by atoms with Crippen LogP contribution in [0.25, 0.3) is 0 Å². The number of rotatable bonds is 9. The molecular weight excluding hydrogens is 244 g/mol. The van der Waals surface area contributed by atoms with Crippen molar-refractivity contribution < 1.29 is 19.1 Å². The van der Waals surface area contributed by atoms with Crippen LogP contribution < -0.4 is 0 Å². The predicted octanol–water partition coefficient (Wildman–Crippen LogP) is 2.70. The molecule has 19 heavy (non-hydrogen) atoms. The molecule has 0 aliphatic carbocycles. The van der Waals surface area contributed by atoms with E-state index in [2.05, 4.69) is 19.8 Å². The van der Waals surface area contributed by atoms with Crippen LogP contribution in [0.1, 0.15) is 52.9 Å². The van der Waals surface area contributed by atoms with Crippen molar-refractivity contribution in [3.05, 3.63) is 0 Å². The molecule has 0 fully saturated rings. The highest BCUT2D eigenvalue weighted by Crippen LogP contribution is 2.07. The molecule has 0 radical (unpaired) electrons. The summed E-state index contributed by atoms with van der Waals surface area (Å²) in [7, 11) is 0. The van der Waals surface area contributed by atoms with Crippen molar-refractivity contribution in [1.29, 1.82) is 0 Å². The van der Waals surface area contributed by atoms with Crippen molar-refractivity contribution in [1.82, 2.24) is 0 Å². The Morgan fingerprint density at radius 2 is 1.84 bits per heavy atom. The Kier molecular flexibility index (Phi) is 9.60. The lowest BCUT2D eigenvalue weighted by molar-refractivity contribution is -0.147. The molecule has 0 heterocycles. The number of hydrogen-bond acceptors (Lipinski definition) is 4. The molecule has 4 heteroatoms. The van der Waals surface area contributed by atoms with Crippen molar-refractivity contribution in [3.8, 4) is 12.3 Å². The van der Waals surface area contributed by atoms with E-state index in [-0.39, 0.29) is 24.8 Å². The first kappa shape index (κ1) is 17.5. The van der Waals surface area contributed by atoms with Crippen LogP contribution in [0.4, 0.5) is 0 Å². The van der Waals surface area contributed by atoms with Crippen LogP contribution in [0, 0.1) is 18.3 Å². The third-order valence-corrected chi connectivity index (χ3v) is 2.62. The molecule has 0 saturated heterocycles. The van der Waals surface area contributed by atoms with Crippen LogP contribution in [-0.2, 0) is 19.1 Å². The molecule has 4 nitrogen and oxygen atoms in total. The minimum atomic E-state index is -0.519. The highest BCUT2D eigenvalue weighted by atomic mass is 16.5. The third kappa shape index (κ3) is 10.1. The average molecular weight is 268 g/mol.